The third kappa shape index (κ3) is 5.67. The second-order valence-corrected chi connectivity index (χ2v) is 7.96. The van der Waals surface area contributed by atoms with Gasteiger partial charge in [-0.05, 0) is 19.3 Å². The summed E-state index contributed by atoms with van der Waals surface area (Å²) in [5, 5.41) is -6.25. The zero-order valence-corrected chi connectivity index (χ0v) is 16.7. The zero-order valence-electron chi connectivity index (χ0n) is 15.9. The van der Waals surface area contributed by atoms with Crippen LogP contribution in [0.3, 0.4) is 0 Å². The van der Waals surface area contributed by atoms with Crippen LogP contribution in [0.5, 0.6) is 0 Å². The summed E-state index contributed by atoms with van der Waals surface area (Å²) >= 11 is 0. The largest absolute Gasteiger partial charge is 0.743 e. The zero-order chi connectivity index (χ0) is 25.2. The Bertz CT molecular complexity index is 839. The average Bonchev–Trinajstić information content (AvgIpc) is 2.64. The summed E-state index contributed by atoms with van der Waals surface area (Å²) in [4.78, 5) is 24.4. The monoisotopic (exact) mass is 506 g/mol. The maximum Gasteiger partial charge on any atom is 0.466 e. The van der Waals surface area contributed by atoms with Crippen LogP contribution < -0.4 is 0 Å². The van der Waals surface area contributed by atoms with E-state index in [1.807, 2.05) is 0 Å². The highest BCUT2D eigenvalue weighted by molar-refractivity contribution is 7.86. The smallest absolute Gasteiger partial charge is 0.466 e. The molecular weight excluding hydrogens is 490 g/mol. The predicted molar refractivity (Wildman–Crippen MR) is 85.7 cm³/mol. The number of carbonyl (C=O) groups is 2. The molecule has 8 nitrogen and oxygen atoms in total. The first-order valence-corrected chi connectivity index (χ1v) is 10.00. The number of alkyl halides is 7. The summed E-state index contributed by atoms with van der Waals surface area (Å²) in [5.41, 5.74) is 0. The molecule has 17 heteroatoms. The molecule has 186 valence electrons. The Kier molecular flexibility index (Phi) is 8.29. The van der Waals surface area contributed by atoms with Gasteiger partial charge in [-0.1, -0.05) is 6.58 Å². The molecule has 0 aromatic rings. The van der Waals surface area contributed by atoms with Crippen LogP contribution in [0.4, 0.5) is 35.1 Å². The molecule has 0 radical (unpaired) electrons. The highest BCUT2D eigenvalue weighted by atomic mass is 32.2. The van der Waals surface area contributed by atoms with E-state index in [9.17, 15) is 57.7 Å². The number of likely N-dealkylation sites (tertiary alicyclic amines) is 1. The number of piperidine rings is 1. The highest BCUT2D eigenvalue weighted by Crippen LogP contribution is 2.42. The van der Waals surface area contributed by atoms with Gasteiger partial charge in [0.25, 0.3) is 0 Å². The van der Waals surface area contributed by atoms with Gasteiger partial charge in [0.2, 0.25) is 5.83 Å². The van der Waals surface area contributed by atoms with E-state index in [4.69, 9.17) is 0 Å². The fourth-order valence-electron chi connectivity index (χ4n) is 2.54. The molecule has 1 rings (SSSR count). The molecule has 1 saturated heterocycles. The lowest BCUT2D eigenvalue weighted by atomic mass is 10.1. The first-order chi connectivity index (χ1) is 14.3. The highest BCUT2D eigenvalue weighted by Gasteiger charge is 2.68. The summed E-state index contributed by atoms with van der Waals surface area (Å²) in [5.74, 6) is -17.2. The van der Waals surface area contributed by atoms with Gasteiger partial charge in [-0.2, -0.15) is 35.1 Å². The van der Waals surface area contributed by atoms with Crippen LogP contribution in [-0.4, -0.2) is 72.6 Å². The van der Waals surface area contributed by atoms with Gasteiger partial charge >= 0.3 is 35.0 Å². The van der Waals surface area contributed by atoms with Crippen LogP contribution in [0, 0.1) is 0 Å². The molecule has 0 aromatic carbocycles. The number of carbonyl (C=O) groups excluding carboxylic acids is 2. The Morgan fingerprint density at radius 2 is 1.50 bits per heavy atom. The molecule has 1 aliphatic rings. The molecule has 0 spiro atoms. The summed E-state index contributed by atoms with van der Waals surface area (Å²) in [7, 11) is -6.95. The topological polar surface area (TPSA) is 113 Å². The van der Waals surface area contributed by atoms with Crippen molar-refractivity contribution in [3.05, 3.63) is 12.4 Å². The third-order valence-electron chi connectivity index (χ3n) is 4.22. The molecule has 1 unspecified atom stereocenters. The number of halogens is 8. The Morgan fingerprint density at radius 1 is 1.00 bits per heavy atom. The molecule has 0 aliphatic carbocycles. The van der Waals surface area contributed by atoms with E-state index in [2.05, 4.69) is 16.1 Å². The van der Waals surface area contributed by atoms with E-state index in [0.29, 0.717) is 11.3 Å². The van der Waals surface area contributed by atoms with Crippen LogP contribution in [0.1, 0.15) is 25.7 Å². The number of hydrogen-bond donors (Lipinski definition) is 0. The first-order valence-electron chi connectivity index (χ1n) is 8.59. The molecule has 1 fully saturated rings. The van der Waals surface area contributed by atoms with Crippen molar-refractivity contribution in [1.82, 2.24) is 4.90 Å². The maximum atomic E-state index is 13.8. The van der Waals surface area contributed by atoms with Gasteiger partial charge in [0, 0.05) is 19.5 Å². The quantitative estimate of drug-likeness (QED) is 0.155. The van der Waals surface area contributed by atoms with E-state index >= 15 is 0 Å². The van der Waals surface area contributed by atoms with Crippen LogP contribution in [-0.2, 0) is 29.2 Å². The second kappa shape index (κ2) is 9.46. The normalized spacial score (nSPS) is 18.1. The minimum atomic E-state index is -6.95. The summed E-state index contributed by atoms with van der Waals surface area (Å²) < 4.78 is 147. The number of esters is 1. The minimum absolute atomic E-state index is 0.190. The fraction of sp³-hybridized carbons (Fsp3) is 0.733. The van der Waals surface area contributed by atoms with Gasteiger partial charge in [-0.15, -0.1) is 0 Å². The average molecular weight is 506 g/mol. The van der Waals surface area contributed by atoms with Crippen LogP contribution >= 0.6 is 0 Å². The number of nitrogens with zero attached hydrogens (tertiary/aromatic N) is 1. The van der Waals surface area contributed by atoms with Crippen molar-refractivity contribution >= 4 is 22.0 Å². The van der Waals surface area contributed by atoms with Crippen molar-refractivity contribution in [3.63, 3.8) is 0 Å². The molecule has 1 atom stereocenters. The van der Waals surface area contributed by atoms with Gasteiger partial charge in [0.15, 0.2) is 10.1 Å². The molecule has 1 amide bonds. The Hall–Kier alpha value is -2.01. The lowest BCUT2D eigenvalue weighted by Crippen LogP contribution is -2.63. The van der Waals surface area contributed by atoms with Gasteiger partial charge < -0.3 is 18.9 Å². The van der Waals surface area contributed by atoms with Crippen molar-refractivity contribution < 1.29 is 67.2 Å². The van der Waals surface area contributed by atoms with E-state index in [0.717, 1.165) is 0 Å². The van der Waals surface area contributed by atoms with Gasteiger partial charge in [-0.3, -0.25) is 4.79 Å². The van der Waals surface area contributed by atoms with Crippen molar-refractivity contribution in [3.8, 4) is 0 Å². The molecule has 1 heterocycles. The van der Waals surface area contributed by atoms with Gasteiger partial charge in [0.05, 0.1) is 6.61 Å². The van der Waals surface area contributed by atoms with Crippen molar-refractivity contribution in [2.45, 2.75) is 48.8 Å². The molecule has 0 bridgehead atoms. The standard InChI is InChI=1S/C15H17F8NO7S/c1-9(16)10(25)31-13(14(19,20)21,11(26)24-6-3-2-4-7-24)30-8-5-12(17,18)15(22,23)32(27,28)29/h1-8H2,(H,27,28,29)/p-1. The molecule has 0 N–H and O–H groups in total. The van der Waals surface area contributed by atoms with Crippen molar-refractivity contribution in [1.29, 1.82) is 0 Å². The minimum Gasteiger partial charge on any atom is -0.743 e. The maximum absolute atomic E-state index is 13.8. The molecule has 1 aliphatic heterocycles. The Balaban J connectivity index is 3.31. The van der Waals surface area contributed by atoms with Gasteiger partial charge in [0.1, 0.15) is 0 Å². The number of rotatable bonds is 9. The Labute approximate surface area is 175 Å². The fourth-order valence-corrected chi connectivity index (χ4v) is 3.01. The lowest BCUT2D eigenvalue weighted by molar-refractivity contribution is -0.353. The molecule has 32 heavy (non-hydrogen) atoms. The molecule has 0 aromatic heterocycles. The van der Waals surface area contributed by atoms with E-state index in [-0.39, 0.29) is 25.9 Å². The van der Waals surface area contributed by atoms with Crippen LogP contribution in [0.25, 0.3) is 0 Å². The summed E-state index contributed by atoms with van der Waals surface area (Å²) in [6, 6.07) is 0. The van der Waals surface area contributed by atoms with Crippen LogP contribution in [0.2, 0.25) is 0 Å². The van der Waals surface area contributed by atoms with Crippen LogP contribution in [0.15, 0.2) is 12.4 Å². The van der Waals surface area contributed by atoms with E-state index in [1.165, 1.54) is 0 Å². The van der Waals surface area contributed by atoms with E-state index in [1.54, 1.807) is 0 Å². The number of amides is 1. The van der Waals surface area contributed by atoms with Crippen molar-refractivity contribution in [2.24, 2.45) is 0 Å². The first kappa shape index (κ1) is 28.0. The summed E-state index contributed by atoms with van der Waals surface area (Å²) in [6.45, 7) is -0.446. The second-order valence-electron chi connectivity index (χ2n) is 6.54. The third-order valence-corrected chi connectivity index (χ3v) is 5.14. The SMILES string of the molecule is C=C(F)C(=O)OC(OCCC(F)(F)C(F)(F)S(=O)(=O)[O-])(C(=O)N1CCCCC1)C(F)(F)F. The molecule has 0 saturated carbocycles. The number of ether oxygens (including phenoxy) is 2. The number of hydrogen-bond acceptors (Lipinski definition) is 7. The Morgan fingerprint density at radius 3 is 1.91 bits per heavy atom. The van der Waals surface area contributed by atoms with Gasteiger partial charge in [-0.25, -0.2) is 13.2 Å². The van der Waals surface area contributed by atoms with E-state index < -0.39 is 64.0 Å². The van der Waals surface area contributed by atoms with Crippen molar-refractivity contribution in [2.75, 3.05) is 19.7 Å². The predicted octanol–water partition coefficient (Wildman–Crippen LogP) is 2.46. The lowest BCUT2D eigenvalue weighted by Gasteiger charge is -2.38. The molecular formula is C15H16F8NO7S-. The summed E-state index contributed by atoms with van der Waals surface area (Å²) in [6.07, 6.45) is -7.68.